The Morgan fingerprint density at radius 2 is 1.53 bits per heavy atom. The van der Waals surface area contributed by atoms with Crippen LogP contribution in [0.2, 0.25) is 5.02 Å². The van der Waals surface area contributed by atoms with Crippen molar-refractivity contribution in [1.82, 2.24) is 4.57 Å². The van der Waals surface area contributed by atoms with Crippen LogP contribution in [0.3, 0.4) is 0 Å². The van der Waals surface area contributed by atoms with E-state index < -0.39 is 0 Å². The van der Waals surface area contributed by atoms with E-state index in [1.165, 1.54) is 0 Å². The summed E-state index contributed by atoms with van der Waals surface area (Å²) < 4.78 is 8.10. The molecule has 5 heteroatoms. The first-order valence-corrected chi connectivity index (χ1v) is 12.2. The fraction of sp³-hybridized carbons (Fsp3) is 0.0645. The third kappa shape index (κ3) is 3.96. The normalized spacial score (nSPS) is 14.0. The number of amides is 1. The van der Waals surface area contributed by atoms with Crippen LogP contribution >= 0.6 is 11.6 Å². The van der Waals surface area contributed by atoms with Crippen LogP contribution in [0.25, 0.3) is 22.6 Å². The molecule has 0 aliphatic carbocycles. The highest BCUT2D eigenvalue weighted by molar-refractivity contribution is 6.38. The zero-order valence-corrected chi connectivity index (χ0v) is 20.2. The van der Waals surface area contributed by atoms with Gasteiger partial charge in [-0.15, -0.1) is 0 Å². The number of carbonyl (C=O) groups excluding carboxylic acids is 1. The fourth-order valence-electron chi connectivity index (χ4n) is 4.76. The fourth-order valence-corrected chi connectivity index (χ4v) is 4.95. The van der Waals surface area contributed by atoms with Gasteiger partial charge in [0.2, 0.25) is 0 Å². The zero-order valence-electron chi connectivity index (χ0n) is 19.5. The molecule has 6 rings (SSSR count). The van der Waals surface area contributed by atoms with E-state index in [0.717, 1.165) is 33.4 Å². The molecular weight excluding hydrogens is 468 g/mol. The lowest BCUT2D eigenvalue weighted by Gasteiger charge is -2.16. The summed E-state index contributed by atoms with van der Waals surface area (Å²) in [5, 5.41) is 1.69. The molecule has 1 aromatic heterocycles. The van der Waals surface area contributed by atoms with E-state index in [4.69, 9.17) is 16.3 Å². The van der Waals surface area contributed by atoms with Crippen molar-refractivity contribution in [2.75, 3.05) is 11.5 Å². The molecule has 0 atom stereocenters. The molecule has 1 aliphatic heterocycles. The molecule has 2 heterocycles. The average Bonchev–Trinajstić information content (AvgIpc) is 3.40. The van der Waals surface area contributed by atoms with E-state index in [9.17, 15) is 4.79 Å². The number of fused-ring (bicyclic) bond motifs is 2. The van der Waals surface area contributed by atoms with Crippen LogP contribution < -0.4 is 9.64 Å². The number of para-hydroxylation sites is 4. The summed E-state index contributed by atoms with van der Waals surface area (Å²) in [6.07, 6.45) is 4.10. The predicted molar refractivity (Wildman–Crippen MR) is 147 cm³/mol. The standard InChI is InChI=1S/C31H23ClN2O2/c32-27-14-6-9-17-30(27)36-19-18-33-21-22(24-12-4-7-15-28(24)33)20-26-25-13-5-8-16-29(25)34(31(26)35)23-10-2-1-3-11-23/h1-17,20-21H,18-19H2/b26-20+. The highest BCUT2D eigenvalue weighted by atomic mass is 35.5. The van der Waals surface area contributed by atoms with Gasteiger partial charge in [-0.05, 0) is 42.5 Å². The molecule has 0 fully saturated rings. The molecule has 5 aromatic rings. The van der Waals surface area contributed by atoms with Gasteiger partial charge in [0.05, 0.1) is 22.8 Å². The number of halogens is 1. The Balaban J connectivity index is 1.36. The van der Waals surface area contributed by atoms with E-state index >= 15 is 0 Å². The van der Waals surface area contributed by atoms with Gasteiger partial charge in [-0.3, -0.25) is 9.69 Å². The molecule has 0 saturated carbocycles. The number of aromatic nitrogens is 1. The summed E-state index contributed by atoms with van der Waals surface area (Å²) in [4.78, 5) is 15.5. The predicted octanol–water partition coefficient (Wildman–Crippen LogP) is 7.59. The molecule has 4 aromatic carbocycles. The highest BCUT2D eigenvalue weighted by Crippen LogP contribution is 2.42. The van der Waals surface area contributed by atoms with Gasteiger partial charge in [0.25, 0.3) is 5.91 Å². The van der Waals surface area contributed by atoms with Gasteiger partial charge in [-0.1, -0.05) is 78.3 Å². The van der Waals surface area contributed by atoms with Crippen molar-refractivity contribution in [2.24, 2.45) is 0 Å². The van der Waals surface area contributed by atoms with Gasteiger partial charge >= 0.3 is 0 Å². The lowest BCUT2D eigenvalue weighted by atomic mass is 10.0. The summed E-state index contributed by atoms with van der Waals surface area (Å²) >= 11 is 6.24. The Labute approximate surface area is 214 Å². The van der Waals surface area contributed by atoms with Crippen LogP contribution in [0.4, 0.5) is 11.4 Å². The number of anilines is 2. The topological polar surface area (TPSA) is 34.5 Å². The van der Waals surface area contributed by atoms with Gasteiger partial charge in [0, 0.05) is 33.9 Å². The first kappa shape index (κ1) is 22.2. The minimum absolute atomic E-state index is 0.0266. The Hall–Kier alpha value is -4.28. The Bertz CT molecular complexity index is 1600. The molecule has 1 aliphatic rings. The lowest BCUT2D eigenvalue weighted by molar-refractivity contribution is -0.112. The van der Waals surface area contributed by atoms with E-state index in [2.05, 4.69) is 22.9 Å². The molecule has 0 radical (unpaired) electrons. The summed E-state index contributed by atoms with van der Waals surface area (Å²) in [5.74, 6) is 0.647. The van der Waals surface area contributed by atoms with Crippen LogP contribution in [0.15, 0.2) is 109 Å². The third-order valence-electron chi connectivity index (χ3n) is 6.43. The summed E-state index contributed by atoms with van der Waals surface area (Å²) in [6, 6.07) is 33.4. The second kappa shape index (κ2) is 9.40. The van der Waals surface area contributed by atoms with Crippen molar-refractivity contribution in [3.05, 3.63) is 125 Å². The van der Waals surface area contributed by atoms with Crippen LogP contribution in [0.1, 0.15) is 11.1 Å². The van der Waals surface area contributed by atoms with E-state index in [1.54, 1.807) is 4.90 Å². The quantitative estimate of drug-likeness (QED) is 0.230. The first-order chi connectivity index (χ1) is 17.7. The number of rotatable bonds is 6. The van der Waals surface area contributed by atoms with E-state index in [1.807, 2.05) is 97.1 Å². The molecular formula is C31H23ClN2O2. The first-order valence-electron chi connectivity index (χ1n) is 11.9. The SMILES string of the molecule is O=C1/C(=C/c2cn(CCOc3ccccc3Cl)c3ccccc23)c2ccccc2N1c1ccccc1. The van der Waals surface area contributed by atoms with Crippen LogP contribution in [0.5, 0.6) is 5.75 Å². The van der Waals surface area contributed by atoms with Crippen molar-refractivity contribution >= 4 is 51.4 Å². The van der Waals surface area contributed by atoms with Crippen molar-refractivity contribution in [3.63, 3.8) is 0 Å². The third-order valence-corrected chi connectivity index (χ3v) is 6.74. The second-order valence-electron chi connectivity index (χ2n) is 8.63. The van der Waals surface area contributed by atoms with E-state index in [0.29, 0.717) is 29.5 Å². The number of hydrogen-bond acceptors (Lipinski definition) is 2. The minimum Gasteiger partial charge on any atom is -0.490 e. The minimum atomic E-state index is -0.0266. The van der Waals surface area contributed by atoms with Gasteiger partial charge in [-0.2, -0.15) is 0 Å². The van der Waals surface area contributed by atoms with Gasteiger partial charge in [0.1, 0.15) is 12.4 Å². The van der Waals surface area contributed by atoms with Gasteiger partial charge in [-0.25, -0.2) is 0 Å². The number of hydrogen-bond donors (Lipinski definition) is 0. The number of benzene rings is 4. The Morgan fingerprint density at radius 3 is 2.39 bits per heavy atom. The number of carbonyl (C=O) groups is 1. The molecule has 0 saturated heterocycles. The number of ether oxygens (including phenoxy) is 1. The van der Waals surface area contributed by atoms with Crippen molar-refractivity contribution < 1.29 is 9.53 Å². The summed E-state index contributed by atoms with van der Waals surface area (Å²) in [7, 11) is 0. The number of nitrogens with zero attached hydrogens (tertiary/aromatic N) is 2. The van der Waals surface area contributed by atoms with E-state index in [-0.39, 0.29) is 5.91 Å². The van der Waals surface area contributed by atoms with Gasteiger partial charge in [0.15, 0.2) is 0 Å². The largest absolute Gasteiger partial charge is 0.490 e. The Kier molecular flexibility index (Phi) is 5.80. The summed E-state index contributed by atoms with van der Waals surface area (Å²) in [6.45, 7) is 1.12. The molecule has 176 valence electrons. The van der Waals surface area contributed by atoms with Crippen LogP contribution in [-0.4, -0.2) is 17.1 Å². The molecule has 1 amide bonds. The molecule has 36 heavy (non-hydrogen) atoms. The maximum atomic E-state index is 13.7. The summed E-state index contributed by atoms with van der Waals surface area (Å²) in [5.41, 5.74) is 5.46. The average molecular weight is 491 g/mol. The highest BCUT2D eigenvalue weighted by Gasteiger charge is 2.33. The van der Waals surface area contributed by atoms with Crippen molar-refractivity contribution in [2.45, 2.75) is 6.54 Å². The zero-order chi connectivity index (χ0) is 24.5. The monoisotopic (exact) mass is 490 g/mol. The smallest absolute Gasteiger partial charge is 0.263 e. The second-order valence-corrected chi connectivity index (χ2v) is 9.03. The molecule has 0 bridgehead atoms. The van der Waals surface area contributed by atoms with Crippen LogP contribution in [0, 0.1) is 0 Å². The Morgan fingerprint density at radius 1 is 0.806 bits per heavy atom. The molecule has 0 spiro atoms. The van der Waals surface area contributed by atoms with Crippen molar-refractivity contribution in [1.29, 1.82) is 0 Å². The lowest BCUT2D eigenvalue weighted by Crippen LogP contribution is -2.20. The maximum absolute atomic E-state index is 13.7. The van der Waals surface area contributed by atoms with Crippen LogP contribution in [-0.2, 0) is 11.3 Å². The maximum Gasteiger partial charge on any atom is 0.263 e. The molecule has 4 nitrogen and oxygen atoms in total. The molecule has 0 unspecified atom stereocenters. The van der Waals surface area contributed by atoms with Crippen molar-refractivity contribution in [3.8, 4) is 5.75 Å². The van der Waals surface area contributed by atoms with Gasteiger partial charge < -0.3 is 9.30 Å². The molecule has 0 N–H and O–H groups in total.